The molecule has 0 aliphatic carbocycles. The maximum absolute atomic E-state index is 13.7. The lowest BCUT2D eigenvalue weighted by Gasteiger charge is -2.14. The second-order valence-electron chi connectivity index (χ2n) is 4.30. The first-order valence-corrected chi connectivity index (χ1v) is 6.85. The summed E-state index contributed by atoms with van der Waals surface area (Å²) in [5.41, 5.74) is -0.150. The first kappa shape index (κ1) is 14.9. The van der Waals surface area contributed by atoms with Gasteiger partial charge in [0.15, 0.2) is 0 Å². The molecule has 0 aliphatic heterocycles. The lowest BCUT2D eigenvalue weighted by Crippen LogP contribution is -2.21. The Morgan fingerprint density at radius 2 is 1.80 bits per heavy atom. The summed E-state index contributed by atoms with van der Waals surface area (Å²) in [6, 6.07) is 11.4. The van der Waals surface area contributed by atoms with E-state index in [9.17, 15) is 13.9 Å². The van der Waals surface area contributed by atoms with Gasteiger partial charge in [-0.25, -0.2) is 8.78 Å². The van der Waals surface area contributed by atoms with Gasteiger partial charge in [-0.15, -0.1) is 0 Å². The molecule has 0 fully saturated rings. The summed E-state index contributed by atoms with van der Waals surface area (Å²) in [5, 5.41) is 9.83. The SMILES string of the molecule is OC(COc1ccccc1)Cc1c(F)ccc(Br)c1F. The second-order valence-corrected chi connectivity index (χ2v) is 5.16. The molecule has 0 spiro atoms. The zero-order valence-corrected chi connectivity index (χ0v) is 12.1. The number of aliphatic hydroxyl groups excluding tert-OH is 1. The highest BCUT2D eigenvalue weighted by molar-refractivity contribution is 9.10. The summed E-state index contributed by atoms with van der Waals surface area (Å²) in [7, 11) is 0. The molecule has 0 aliphatic rings. The molecule has 106 valence electrons. The number of hydrogen-bond acceptors (Lipinski definition) is 2. The van der Waals surface area contributed by atoms with E-state index in [2.05, 4.69) is 15.9 Å². The zero-order chi connectivity index (χ0) is 14.5. The van der Waals surface area contributed by atoms with Crippen LogP contribution >= 0.6 is 15.9 Å². The molecule has 20 heavy (non-hydrogen) atoms. The van der Waals surface area contributed by atoms with Gasteiger partial charge in [0.25, 0.3) is 0 Å². The smallest absolute Gasteiger partial charge is 0.143 e. The fourth-order valence-electron chi connectivity index (χ4n) is 1.76. The molecule has 2 aromatic rings. The van der Waals surface area contributed by atoms with E-state index in [0.29, 0.717) is 5.75 Å². The highest BCUT2D eigenvalue weighted by Gasteiger charge is 2.16. The van der Waals surface area contributed by atoms with Gasteiger partial charge in [-0.3, -0.25) is 0 Å². The van der Waals surface area contributed by atoms with E-state index in [1.54, 1.807) is 24.3 Å². The first-order valence-electron chi connectivity index (χ1n) is 6.06. The Morgan fingerprint density at radius 3 is 2.50 bits per heavy atom. The molecule has 0 saturated heterocycles. The predicted octanol–water partition coefficient (Wildman–Crippen LogP) is 3.71. The van der Waals surface area contributed by atoms with Crippen molar-refractivity contribution in [3.05, 3.63) is 64.1 Å². The standard InChI is InChI=1S/C15H13BrF2O2/c16-13-6-7-14(17)12(15(13)18)8-10(19)9-20-11-4-2-1-3-5-11/h1-7,10,19H,8-9H2. The fourth-order valence-corrected chi connectivity index (χ4v) is 2.13. The minimum absolute atomic E-state index is 0.0323. The van der Waals surface area contributed by atoms with Crippen molar-refractivity contribution in [3.8, 4) is 5.75 Å². The third kappa shape index (κ3) is 3.77. The summed E-state index contributed by atoms with van der Waals surface area (Å²) in [5.74, 6) is -0.769. The first-order chi connectivity index (χ1) is 9.58. The van der Waals surface area contributed by atoms with Crippen LogP contribution in [0.4, 0.5) is 8.78 Å². The van der Waals surface area contributed by atoms with Crippen molar-refractivity contribution in [2.24, 2.45) is 0 Å². The summed E-state index contributed by atoms with van der Waals surface area (Å²) in [6.45, 7) is -0.0323. The third-order valence-corrected chi connectivity index (χ3v) is 3.38. The van der Waals surface area contributed by atoms with E-state index < -0.39 is 17.7 Å². The van der Waals surface area contributed by atoms with Crippen LogP contribution in [0.5, 0.6) is 5.75 Å². The molecule has 2 aromatic carbocycles. The molecule has 2 nitrogen and oxygen atoms in total. The van der Waals surface area contributed by atoms with Gasteiger partial charge in [-0.1, -0.05) is 18.2 Å². The van der Waals surface area contributed by atoms with Crippen molar-refractivity contribution in [1.82, 2.24) is 0 Å². The molecule has 0 bridgehead atoms. The molecular formula is C15H13BrF2O2. The van der Waals surface area contributed by atoms with Gasteiger partial charge in [0.05, 0.1) is 10.6 Å². The molecule has 1 N–H and O–H groups in total. The molecule has 0 heterocycles. The Bertz CT molecular complexity index is 576. The summed E-state index contributed by atoms with van der Waals surface area (Å²) < 4.78 is 32.8. The van der Waals surface area contributed by atoms with Crippen LogP contribution in [0.1, 0.15) is 5.56 Å². The van der Waals surface area contributed by atoms with Crippen LogP contribution in [0.15, 0.2) is 46.9 Å². The zero-order valence-electron chi connectivity index (χ0n) is 10.5. The normalized spacial score (nSPS) is 12.2. The van der Waals surface area contributed by atoms with E-state index in [1.807, 2.05) is 6.07 Å². The number of halogens is 3. The average Bonchev–Trinajstić information content (AvgIpc) is 2.46. The third-order valence-electron chi connectivity index (χ3n) is 2.76. The Hall–Kier alpha value is -1.46. The Balaban J connectivity index is 1.98. The van der Waals surface area contributed by atoms with E-state index in [-0.39, 0.29) is 23.1 Å². The minimum atomic E-state index is -0.992. The Kier molecular flexibility index (Phi) is 5.09. The summed E-state index contributed by atoms with van der Waals surface area (Å²) >= 11 is 2.99. The molecule has 0 aromatic heterocycles. The second kappa shape index (κ2) is 6.81. The van der Waals surface area contributed by atoms with Gasteiger partial charge in [-0.05, 0) is 40.2 Å². The van der Waals surface area contributed by atoms with Crippen molar-refractivity contribution >= 4 is 15.9 Å². The molecule has 5 heteroatoms. The van der Waals surface area contributed by atoms with Gasteiger partial charge in [0.1, 0.15) is 24.0 Å². The van der Waals surface area contributed by atoms with Crippen molar-refractivity contribution in [2.75, 3.05) is 6.61 Å². The van der Waals surface area contributed by atoms with Gasteiger partial charge in [0.2, 0.25) is 0 Å². The van der Waals surface area contributed by atoms with E-state index >= 15 is 0 Å². The van der Waals surface area contributed by atoms with Gasteiger partial charge >= 0.3 is 0 Å². The molecule has 1 atom stereocenters. The van der Waals surface area contributed by atoms with Crippen LogP contribution in [0.2, 0.25) is 0 Å². The maximum Gasteiger partial charge on any atom is 0.143 e. The van der Waals surface area contributed by atoms with E-state index in [4.69, 9.17) is 4.74 Å². The van der Waals surface area contributed by atoms with E-state index in [1.165, 1.54) is 6.07 Å². The number of rotatable bonds is 5. The molecular weight excluding hydrogens is 330 g/mol. The van der Waals surface area contributed by atoms with Crippen LogP contribution < -0.4 is 4.74 Å². The van der Waals surface area contributed by atoms with Crippen LogP contribution in [0.3, 0.4) is 0 Å². The highest BCUT2D eigenvalue weighted by atomic mass is 79.9. The van der Waals surface area contributed by atoms with Crippen molar-refractivity contribution in [2.45, 2.75) is 12.5 Å². The molecule has 0 amide bonds. The highest BCUT2D eigenvalue weighted by Crippen LogP contribution is 2.23. The predicted molar refractivity (Wildman–Crippen MR) is 75.7 cm³/mol. The van der Waals surface area contributed by atoms with Crippen molar-refractivity contribution in [1.29, 1.82) is 0 Å². The Morgan fingerprint density at radius 1 is 1.10 bits per heavy atom. The number of hydrogen-bond donors (Lipinski definition) is 1. The van der Waals surface area contributed by atoms with Gasteiger partial charge in [-0.2, -0.15) is 0 Å². The summed E-state index contributed by atoms with van der Waals surface area (Å²) in [4.78, 5) is 0. The number of benzene rings is 2. The van der Waals surface area contributed by atoms with Gasteiger partial charge < -0.3 is 9.84 Å². The molecule has 1 unspecified atom stereocenters. The largest absolute Gasteiger partial charge is 0.491 e. The maximum atomic E-state index is 13.7. The van der Waals surface area contributed by atoms with Crippen LogP contribution in [-0.4, -0.2) is 17.8 Å². The van der Waals surface area contributed by atoms with Crippen molar-refractivity contribution in [3.63, 3.8) is 0 Å². The minimum Gasteiger partial charge on any atom is -0.491 e. The molecule has 0 saturated carbocycles. The molecule has 0 radical (unpaired) electrons. The van der Waals surface area contributed by atoms with Crippen molar-refractivity contribution < 1.29 is 18.6 Å². The summed E-state index contributed by atoms with van der Waals surface area (Å²) in [6.07, 6.45) is -1.14. The average molecular weight is 343 g/mol. The Labute approximate surface area is 124 Å². The fraction of sp³-hybridized carbons (Fsp3) is 0.200. The van der Waals surface area contributed by atoms with Crippen LogP contribution in [-0.2, 0) is 6.42 Å². The monoisotopic (exact) mass is 342 g/mol. The number of ether oxygens (including phenoxy) is 1. The van der Waals surface area contributed by atoms with Crippen LogP contribution in [0.25, 0.3) is 0 Å². The number of aliphatic hydroxyl groups is 1. The number of para-hydroxylation sites is 1. The quantitative estimate of drug-likeness (QED) is 0.839. The molecule has 2 rings (SSSR count). The van der Waals surface area contributed by atoms with Crippen LogP contribution in [0, 0.1) is 11.6 Å². The lowest BCUT2D eigenvalue weighted by molar-refractivity contribution is 0.106. The topological polar surface area (TPSA) is 29.5 Å². The van der Waals surface area contributed by atoms with E-state index in [0.717, 1.165) is 6.07 Å². The van der Waals surface area contributed by atoms with Gasteiger partial charge in [0, 0.05) is 12.0 Å². The lowest BCUT2D eigenvalue weighted by atomic mass is 10.1.